The molecular weight excluding hydrogens is 370 g/mol. The van der Waals surface area contributed by atoms with E-state index in [0.29, 0.717) is 55.7 Å². The van der Waals surface area contributed by atoms with Crippen molar-refractivity contribution in [2.24, 2.45) is 11.8 Å². The summed E-state index contributed by atoms with van der Waals surface area (Å²) < 4.78 is 16.8. The molecule has 0 radical (unpaired) electrons. The van der Waals surface area contributed by atoms with Gasteiger partial charge in [-0.05, 0) is 43.4 Å². The topological polar surface area (TPSA) is 65.1 Å². The first kappa shape index (κ1) is 18.4. The Balaban J connectivity index is 1.30. The summed E-state index contributed by atoms with van der Waals surface area (Å²) in [5, 5.41) is 0.465. The van der Waals surface area contributed by atoms with Crippen molar-refractivity contribution in [2.75, 3.05) is 26.3 Å². The van der Waals surface area contributed by atoms with Crippen molar-refractivity contribution in [1.29, 1.82) is 0 Å². The molecule has 2 heterocycles. The fourth-order valence-electron chi connectivity index (χ4n) is 3.56. The number of hydrogen-bond acceptors (Lipinski definition) is 5. The summed E-state index contributed by atoms with van der Waals surface area (Å²) in [5.41, 5.74) is 0.777. The fourth-order valence-corrected chi connectivity index (χ4v) is 3.85. The first-order chi connectivity index (χ1) is 13.1. The number of ether oxygens (including phenoxy) is 3. The van der Waals surface area contributed by atoms with Crippen LogP contribution in [0.1, 0.15) is 37.7 Å². The van der Waals surface area contributed by atoms with E-state index in [9.17, 15) is 9.59 Å². The van der Waals surface area contributed by atoms with Gasteiger partial charge in [0, 0.05) is 25.4 Å². The molecule has 3 aliphatic rings. The molecular formula is C20H24ClNO5. The summed E-state index contributed by atoms with van der Waals surface area (Å²) in [5.74, 6) is 1.28. The van der Waals surface area contributed by atoms with E-state index in [1.54, 1.807) is 6.07 Å². The van der Waals surface area contributed by atoms with Gasteiger partial charge in [-0.1, -0.05) is 11.6 Å². The lowest BCUT2D eigenvalue weighted by Gasteiger charge is -2.31. The van der Waals surface area contributed by atoms with Gasteiger partial charge < -0.3 is 19.1 Å². The molecule has 0 spiro atoms. The van der Waals surface area contributed by atoms with Gasteiger partial charge >= 0.3 is 5.97 Å². The molecule has 146 valence electrons. The van der Waals surface area contributed by atoms with Gasteiger partial charge in [0.1, 0.15) is 6.61 Å². The van der Waals surface area contributed by atoms with Gasteiger partial charge in [-0.3, -0.25) is 9.59 Å². The molecule has 4 rings (SSSR count). The highest BCUT2D eigenvalue weighted by Gasteiger charge is 2.36. The van der Waals surface area contributed by atoms with Crippen molar-refractivity contribution in [3.63, 3.8) is 0 Å². The van der Waals surface area contributed by atoms with Crippen molar-refractivity contribution in [3.05, 3.63) is 22.7 Å². The van der Waals surface area contributed by atoms with Gasteiger partial charge in [0.05, 0.1) is 24.2 Å². The molecule has 2 fully saturated rings. The van der Waals surface area contributed by atoms with Crippen molar-refractivity contribution in [1.82, 2.24) is 4.90 Å². The minimum absolute atomic E-state index is 0.149. The number of benzene rings is 1. The minimum atomic E-state index is -0.211. The van der Waals surface area contributed by atoms with Gasteiger partial charge in [-0.15, -0.1) is 0 Å². The molecule has 1 saturated heterocycles. The van der Waals surface area contributed by atoms with Crippen LogP contribution in [0.25, 0.3) is 0 Å². The van der Waals surface area contributed by atoms with Crippen LogP contribution in [-0.4, -0.2) is 43.1 Å². The highest BCUT2D eigenvalue weighted by atomic mass is 35.5. The van der Waals surface area contributed by atoms with Crippen molar-refractivity contribution in [2.45, 2.75) is 38.7 Å². The number of fused-ring (bicyclic) bond motifs is 1. The third-order valence-electron chi connectivity index (χ3n) is 5.31. The molecule has 0 atom stereocenters. The van der Waals surface area contributed by atoms with Crippen molar-refractivity contribution in [3.8, 4) is 11.5 Å². The second kappa shape index (κ2) is 7.97. The minimum Gasteiger partial charge on any atom is -0.489 e. The number of esters is 1. The third-order valence-corrected chi connectivity index (χ3v) is 5.59. The fraction of sp³-hybridized carbons (Fsp3) is 0.600. The maximum atomic E-state index is 12.4. The summed E-state index contributed by atoms with van der Waals surface area (Å²) in [7, 11) is 0. The number of hydrogen-bond donors (Lipinski definition) is 0. The number of halogens is 1. The van der Waals surface area contributed by atoms with Crippen LogP contribution in [0.15, 0.2) is 12.1 Å². The highest BCUT2D eigenvalue weighted by molar-refractivity contribution is 6.32. The molecule has 1 saturated carbocycles. The maximum Gasteiger partial charge on any atom is 0.309 e. The largest absolute Gasteiger partial charge is 0.489 e. The molecule has 0 N–H and O–H groups in total. The summed E-state index contributed by atoms with van der Waals surface area (Å²) in [6.07, 6.45) is 4.16. The Labute approximate surface area is 163 Å². The molecule has 6 nitrogen and oxygen atoms in total. The first-order valence-electron chi connectivity index (χ1n) is 9.65. The van der Waals surface area contributed by atoms with E-state index >= 15 is 0 Å². The molecule has 1 aliphatic carbocycles. The standard InChI is InChI=1S/C20H24ClNO5/c21-16-10-13(11-17-18(16)26-9-1-8-25-17)12-27-20(24)15-4-6-22(7-5-15)19(23)14-2-3-14/h10-11,14-15H,1-9,12H2. The van der Waals surface area contributed by atoms with E-state index in [2.05, 4.69) is 0 Å². The zero-order chi connectivity index (χ0) is 18.8. The number of carbonyl (C=O) groups is 2. The SMILES string of the molecule is O=C(OCc1cc(Cl)c2c(c1)OCCCO2)C1CCN(C(=O)C2CC2)CC1. The smallest absolute Gasteiger partial charge is 0.309 e. The predicted molar refractivity (Wildman–Crippen MR) is 98.9 cm³/mol. The summed E-state index contributed by atoms with van der Waals surface area (Å²) in [6.45, 7) is 2.58. The van der Waals surface area contributed by atoms with Crippen LogP contribution in [-0.2, 0) is 20.9 Å². The van der Waals surface area contributed by atoms with Crippen molar-refractivity contribution < 1.29 is 23.8 Å². The Morgan fingerprint density at radius 2 is 1.81 bits per heavy atom. The lowest BCUT2D eigenvalue weighted by atomic mass is 9.96. The van der Waals surface area contributed by atoms with E-state index in [0.717, 1.165) is 24.8 Å². The second-order valence-electron chi connectivity index (χ2n) is 7.44. The van der Waals surface area contributed by atoms with Crippen LogP contribution in [0.2, 0.25) is 5.02 Å². The molecule has 1 aromatic rings. The van der Waals surface area contributed by atoms with Crippen LogP contribution in [0, 0.1) is 11.8 Å². The summed E-state index contributed by atoms with van der Waals surface area (Å²) >= 11 is 6.28. The van der Waals surface area contributed by atoms with Gasteiger partial charge in [0.25, 0.3) is 0 Å². The van der Waals surface area contributed by atoms with E-state index in [1.165, 1.54) is 0 Å². The molecule has 7 heteroatoms. The van der Waals surface area contributed by atoms with Crippen LogP contribution < -0.4 is 9.47 Å². The number of nitrogens with zero attached hydrogens (tertiary/aromatic N) is 1. The molecule has 27 heavy (non-hydrogen) atoms. The molecule has 0 aromatic heterocycles. The van der Waals surface area contributed by atoms with Gasteiger partial charge in [-0.25, -0.2) is 0 Å². The number of carbonyl (C=O) groups excluding carboxylic acids is 2. The number of rotatable bonds is 4. The Kier molecular flexibility index (Phi) is 5.43. The summed E-state index contributed by atoms with van der Waals surface area (Å²) in [6, 6.07) is 3.57. The highest BCUT2D eigenvalue weighted by Crippen LogP contribution is 2.38. The van der Waals surface area contributed by atoms with E-state index in [1.807, 2.05) is 11.0 Å². The third kappa shape index (κ3) is 4.32. The van der Waals surface area contributed by atoms with Crippen LogP contribution in [0.4, 0.5) is 0 Å². The van der Waals surface area contributed by atoms with Crippen LogP contribution >= 0.6 is 11.6 Å². The average Bonchev–Trinajstić information content (AvgIpc) is 3.52. The first-order valence-corrected chi connectivity index (χ1v) is 10.0. The van der Waals surface area contributed by atoms with Crippen LogP contribution in [0.3, 0.4) is 0 Å². The van der Waals surface area contributed by atoms with Crippen LogP contribution in [0.5, 0.6) is 11.5 Å². The lowest BCUT2D eigenvalue weighted by molar-refractivity contribution is -0.153. The predicted octanol–water partition coefficient (Wildman–Crippen LogP) is 3.19. The number of piperidine rings is 1. The van der Waals surface area contributed by atoms with Gasteiger partial charge in [0.2, 0.25) is 5.91 Å². The lowest BCUT2D eigenvalue weighted by Crippen LogP contribution is -2.41. The Morgan fingerprint density at radius 3 is 2.56 bits per heavy atom. The van der Waals surface area contributed by atoms with E-state index in [-0.39, 0.29) is 30.3 Å². The molecule has 2 aliphatic heterocycles. The Bertz CT molecular complexity index is 725. The van der Waals surface area contributed by atoms with Gasteiger partial charge in [-0.2, -0.15) is 0 Å². The molecule has 0 unspecified atom stereocenters. The number of likely N-dealkylation sites (tertiary alicyclic amines) is 1. The quantitative estimate of drug-likeness (QED) is 0.735. The second-order valence-corrected chi connectivity index (χ2v) is 7.84. The molecule has 1 aromatic carbocycles. The monoisotopic (exact) mass is 393 g/mol. The van der Waals surface area contributed by atoms with Crippen molar-refractivity contribution >= 4 is 23.5 Å². The zero-order valence-corrected chi connectivity index (χ0v) is 16.0. The maximum absolute atomic E-state index is 12.4. The zero-order valence-electron chi connectivity index (χ0n) is 15.2. The molecule has 0 bridgehead atoms. The molecule has 1 amide bonds. The van der Waals surface area contributed by atoms with E-state index in [4.69, 9.17) is 25.8 Å². The normalized spacial score (nSPS) is 20.1. The Hall–Kier alpha value is -1.95. The summed E-state index contributed by atoms with van der Waals surface area (Å²) in [4.78, 5) is 26.4. The average molecular weight is 394 g/mol. The van der Waals surface area contributed by atoms with Gasteiger partial charge in [0.15, 0.2) is 11.5 Å². The number of amides is 1. The van der Waals surface area contributed by atoms with E-state index < -0.39 is 0 Å². The Morgan fingerprint density at radius 1 is 1.07 bits per heavy atom.